The molecular weight excluding hydrogens is 552 g/mol. The first-order valence-electron chi connectivity index (χ1n) is 11.5. The van der Waals surface area contributed by atoms with Crippen molar-refractivity contribution in [2.24, 2.45) is 15.0 Å². The van der Waals surface area contributed by atoms with E-state index in [0.29, 0.717) is 36.0 Å². The molecule has 1 fully saturated rings. The molecule has 37 heavy (non-hydrogen) atoms. The van der Waals surface area contributed by atoms with Gasteiger partial charge in [0.1, 0.15) is 0 Å². The minimum atomic E-state index is -0.0763. The van der Waals surface area contributed by atoms with Crippen LogP contribution in [0, 0.1) is 0 Å². The summed E-state index contributed by atoms with van der Waals surface area (Å²) < 4.78 is 0. The van der Waals surface area contributed by atoms with Gasteiger partial charge in [-0.25, -0.2) is 0 Å². The van der Waals surface area contributed by atoms with Gasteiger partial charge in [-0.2, -0.15) is 0 Å². The van der Waals surface area contributed by atoms with Crippen LogP contribution in [0.25, 0.3) is 0 Å². The van der Waals surface area contributed by atoms with Gasteiger partial charge in [0, 0.05) is 18.6 Å². The predicted molar refractivity (Wildman–Crippen MR) is 142 cm³/mol. The van der Waals surface area contributed by atoms with E-state index >= 15 is 0 Å². The molecule has 1 aliphatic carbocycles. The van der Waals surface area contributed by atoms with E-state index in [1.54, 1.807) is 55.0 Å². The van der Waals surface area contributed by atoms with Gasteiger partial charge in [0.25, 0.3) is 0 Å². The maximum atomic E-state index is 12.0. The van der Waals surface area contributed by atoms with Crippen molar-refractivity contribution in [3.8, 4) is 17.2 Å². The van der Waals surface area contributed by atoms with E-state index in [1.807, 2.05) is 18.2 Å². The van der Waals surface area contributed by atoms with Crippen LogP contribution in [0.15, 0.2) is 87.8 Å². The van der Waals surface area contributed by atoms with Crippen LogP contribution in [0.1, 0.15) is 36.0 Å². The van der Waals surface area contributed by atoms with E-state index in [2.05, 4.69) is 15.0 Å². The van der Waals surface area contributed by atoms with E-state index in [4.69, 9.17) is 23.2 Å². The number of para-hydroxylation sites is 3. The molecule has 1 aliphatic rings. The van der Waals surface area contributed by atoms with Gasteiger partial charge in [0.05, 0.1) is 23.5 Å². The Bertz CT molecular complexity index is 1050. The molecule has 0 amide bonds. The van der Waals surface area contributed by atoms with Gasteiger partial charge < -0.3 is 15.3 Å². The van der Waals surface area contributed by atoms with Crippen molar-refractivity contribution in [2.45, 2.75) is 37.4 Å². The van der Waals surface area contributed by atoms with Crippen LogP contribution >= 0.6 is 23.2 Å². The summed E-state index contributed by atoms with van der Waals surface area (Å²) in [6, 6.07) is 20.1. The summed E-state index contributed by atoms with van der Waals surface area (Å²) in [6.45, 7) is 0. The summed E-state index contributed by atoms with van der Waals surface area (Å²) in [5, 5.41) is 36.2. The average Bonchev–Trinajstić information content (AvgIpc) is 2.88. The fraction of sp³-hybridized carbons (Fsp3) is 0.250. The fourth-order valence-electron chi connectivity index (χ4n) is 3.91. The Kier molecular flexibility index (Phi) is 13.2. The first kappa shape index (κ1) is 30.4. The molecule has 0 N–H and O–H groups in total. The first-order valence-corrected chi connectivity index (χ1v) is 12.6. The average molecular weight is 578 g/mol. The minimum Gasteiger partial charge on any atom is -0.872 e. The maximum absolute atomic E-state index is 12.0. The van der Waals surface area contributed by atoms with Gasteiger partial charge in [0.15, 0.2) is 0 Å². The number of nitrogens with zero attached hydrogens (tertiary/aromatic N) is 3. The van der Waals surface area contributed by atoms with Gasteiger partial charge in [-0.05, 0) is 36.0 Å². The maximum Gasteiger partial charge on any atom is 3.00 e. The van der Waals surface area contributed by atoms with Crippen LogP contribution in [0.4, 0.5) is 0 Å². The molecule has 192 valence electrons. The zero-order valence-corrected chi connectivity index (χ0v) is 22.6. The summed E-state index contributed by atoms with van der Waals surface area (Å²) in [7, 11) is 0. The van der Waals surface area contributed by atoms with E-state index in [0.717, 1.165) is 0 Å². The molecule has 6 nitrogen and oxygen atoms in total. The second-order valence-electron chi connectivity index (χ2n) is 8.22. The number of alkyl halides is 2. The number of benzene rings is 3. The predicted octanol–water partition coefficient (Wildman–Crippen LogP) is 4.27. The van der Waals surface area contributed by atoms with Crippen molar-refractivity contribution < 1.29 is 32.4 Å². The van der Waals surface area contributed by atoms with E-state index in [9.17, 15) is 15.3 Å². The molecule has 0 spiro atoms. The molecule has 0 radical (unpaired) electrons. The number of rotatable bonds is 6. The molecule has 0 atom stereocenters. The number of hydrogen-bond acceptors (Lipinski definition) is 6. The van der Waals surface area contributed by atoms with Crippen molar-refractivity contribution in [1.29, 1.82) is 0 Å². The van der Waals surface area contributed by atoms with Crippen molar-refractivity contribution in [3.05, 3.63) is 89.5 Å². The largest absolute Gasteiger partial charge is 3.00 e. The Morgan fingerprint density at radius 3 is 1.05 bits per heavy atom. The summed E-state index contributed by atoms with van der Waals surface area (Å²) in [6.07, 6.45) is 6.96. The summed E-state index contributed by atoms with van der Waals surface area (Å²) >= 11 is 9.53. The van der Waals surface area contributed by atoms with Crippen LogP contribution in [-0.2, 0) is 17.1 Å². The number of hydrogen-bond donors (Lipinski definition) is 0. The Morgan fingerprint density at radius 1 is 0.568 bits per heavy atom. The third kappa shape index (κ3) is 9.86. The number of aliphatic imine (C=N–C) groups is 3. The topological polar surface area (TPSA) is 106 Å². The smallest absolute Gasteiger partial charge is 0.872 e. The quantitative estimate of drug-likeness (QED) is 0.248. The Balaban J connectivity index is 0.00000115. The van der Waals surface area contributed by atoms with Gasteiger partial charge >= 0.3 is 17.1 Å². The molecule has 0 saturated heterocycles. The molecule has 1 saturated carbocycles. The standard InChI is InChI=1S/C27H27N3O3.CH2Cl2.Mn/c31-25-10-4-1-7-19(25)16-28-22-13-23(29-17-20-8-2-5-11-26(20)32)15-24(14-22)30-18-21-9-3-6-12-27(21)33;2-1-3;/h1-12,16-18,22-24,31-33H,13-15H2;1H2;/q;;+3/p-3. The molecule has 3 aromatic carbocycles. The second-order valence-corrected chi connectivity index (χ2v) is 9.03. The molecule has 0 aromatic heterocycles. The van der Waals surface area contributed by atoms with Crippen molar-refractivity contribution in [2.75, 3.05) is 5.34 Å². The van der Waals surface area contributed by atoms with Crippen LogP contribution < -0.4 is 15.3 Å². The molecule has 3 aromatic rings. The van der Waals surface area contributed by atoms with E-state index in [-0.39, 0.29) is 57.8 Å². The van der Waals surface area contributed by atoms with Gasteiger partial charge in [-0.1, -0.05) is 72.8 Å². The van der Waals surface area contributed by atoms with E-state index < -0.39 is 0 Å². The molecule has 4 rings (SSSR count). The molecule has 0 unspecified atom stereocenters. The summed E-state index contributed by atoms with van der Waals surface area (Å²) in [5.41, 5.74) is 1.64. The Hall–Kier alpha value is -2.83. The van der Waals surface area contributed by atoms with Crippen molar-refractivity contribution in [1.82, 2.24) is 0 Å². The third-order valence-corrected chi connectivity index (χ3v) is 5.66. The Morgan fingerprint density at radius 2 is 0.811 bits per heavy atom. The second kappa shape index (κ2) is 16.1. The summed E-state index contributed by atoms with van der Waals surface area (Å²) in [4.78, 5) is 14.0. The molecule has 0 heterocycles. The van der Waals surface area contributed by atoms with Crippen LogP contribution in [0.3, 0.4) is 0 Å². The fourth-order valence-corrected chi connectivity index (χ4v) is 3.91. The van der Waals surface area contributed by atoms with Crippen LogP contribution in [-0.4, -0.2) is 42.1 Å². The molecule has 0 aliphatic heterocycles. The molecule has 0 bridgehead atoms. The normalized spacial score (nSPS) is 19.5. The monoisotopic (exact) mass is 577 g/mol. The zero-order valence-electron chi connectivity index (χ0n) is 19.9. The zero-order chi connectivity index (χ0) is 25.8. The van der Waals surface area contributed by atoms with Gasteiger partial charge in [0.2, 0.25) is 0 Å². The van der Waals surface area contributed by atoms with Gasteiger partial charge in [-0.15, -0.1) is 40.5 Å². The van der Waals surface area contributed by atoms with Crippen LogP contribution in [0.5, 0.6) is 17.2 Å². The van der Waals surface area contributed by atoms with Crippen LogP contribution in [0.2, 0.25) is 0 Å². The molecule has 9 heteroatoms. The number of halogens is 2. The summed E-state index contributed by atoms with van der Waals surface area (Å²) in [5.74, 6) is -0.207. The molecular formula is C28H26Cl2MnN3O3. The Labute approximate surface area is 237 Å². The third-order valence-electron chi connectivity index (χ3n) is 5.66. The minimum absolute atomic E-state index is 0. The SMILES string of the molecule is ClCCl.[Mn+3].[O-]c1ccccc1C=NC1CC(N=Cc2ccccc2[O-])CC(N=Cc2ccccc2[O-])C1. The van der Waals surface area contributed by atoms with Gasteiger partial charge in [-0.3, -0.25) is 15.0 Å². The van der Waals surface area contributed by atoms with Crippen molar-refractivity contribution >= 4 is 41.8 Å². The first-order chi connectivity index (χ1) is 17.5. The van der Waals surface area contributed by atoms with E-state index in [1.165, 1.54) is 18.2 Å². The van der Waals surface area contributed by atoms with Crippen molar-refractivity contribution in [3.63, 3.8) is 0 Å².